The molecule has 0 unspecified atom stereocenters. The molecule has 0 radical (unpaired) electrons. The number of hydrogen-bond donors (Lipinski definition) is 2. The van der Waals surface area contributed by atoms with Crippen LogP contribution < -0.4 is 10.0 Å². The summed E-state index contributed by atoms with van der Waals surface area (Å²) in [5.41, 5.74) is 0.763. The second kappa shape index (κ2) is 8.00. The molecule has 0 saturated carbocycles. The lowest BCUT2D eigenvalue weighted by Crippen LogP contribution is -2.35. The monoisotopic (exact) mass is 349 g/mol. The van der Waals surface area contributed by atoms with Gasteiger partial charge < -0.3 is 10.1 Å². The van der Waals surface area contributed by atoms with Crippen LogP contribution in [-0.4, -0.2) is 39.1 Å². The smallest absolute Gasteiger partial charge is 0.274 e. The average Bonchev–Trinajstić information content (AvgIpc) is 2.56. The summed E-state index contributed by atoms with van der Waals surface area (Å²) in [5.74, 6) is -0.363. The van der Waals surface area contributed by atoms with Crippen molar-refractivity contribution in [3.8, 4) is 0 Å². The fourth-order valence-corrected chi connectivity index (χ4v) is 3.25. The zero-order valence-corrected chi connectivity index (χ0v) is 14.2. The molecular formula is C16H19N3O4S. The van der Waals surface area contributed by atoms with E-state index in [2.05, 4.69) is 15.0 Å². The summed E-state index contributed by atoms with van der Waals surface area (Å²) >= 11 is 0. The van der Waals surface area contributed by atoms with Gasteiger partial charge in [-0.3, -0.25) is 9.78 Å². The molecule has 2 N–H and O–H groups in total. The Morgan fingerprint density at radius 1 is 1.21 bits per heavy atom. The number of aromatic nitrogens is 1. The third-order valence-electron chi connectivity index (χ3n) is 3.09. The average molecular weight is 349 g/mol. The molecule has 0 spiro atoms. The van der Waals surface area contributed by atoms with Crippen molar-refractivity contribution in [2.24, 2.45) is 0 Å². The number of rotatable bonds is 7. The summed E-state index contributed by atoms with van der Waals surface area (Å²) in [6.45, 7) is 1.99. The largest absolute Gasteiger partial charge is 0.383 e. The maximum atomic E-state index is 12.2. The third kappa shape index (κ3) is 4.85. The van der Waals surface area contributed by atoms with Gasteiger partial charge in [-0.1, -0.05) is 6.07 Å². The third-order valence-corrected chi connectivity index (χ3v) is 4.70. The predicted octanol–water partition coefficient (Wildman–Crippen LogP) is 1.65. The summed E-state index contributed by atoms with van der Waals surface area (Å²) in [6, 6.07) is 10.6. The maximum absolute atomic E-state index is 12.2. The lowest BCUT2D eigenvalue weighted by atomic mass is 10.3. The number of pyridine rings is 1. The van der Waals surface area contributed by atoms with Gasteiger partial charge in [0.2, 0.25) is 10.0 Å². The van der Waals surface area contributed by atoms with Crippen molar-refractivity contribution in [1.82, 2.24) is 9.71 Å². The molecule has 1 aromatic carbocycles. The first kappa shape index (κ1) is 18.1. The highest BCUT2D eigenvalue weighted by Crippen LogP contribution is 2.15. The van der Waals surface area contributed by atoms with E-state index in [1.54, 1.807) is 25.1 Å². The van der Waals surface area contributed by atoms with Crippen LogP contribution in [0.5, 0.6) is 0 Å². The van der Waals surface area contributed by atoms with Crippen LogP contribution in [0.3, 0.4) is 0 Å². The van der Waals surface area contributed by atoms with E-state index in [-0.39, 0.29) is 29.1 Å². The summed E-state index contributed by atoms with van der Waals surface area (Å²) in [5, 5.41) is 2.66. The number of nitrogens with one attached hydrogen (secondary N) is 2. The van der Waals surface area contributed by atoms with Crippen LogP contribution in [0.15, 0.2) is 53.6 Å². The van der Waals surface area contributed by atoms with Crippen LogP contribution in [-0.2, 0) is 14.8 Å². The number of ether oxygens (including phenoxy) is 1. The first-order chi connectivity index (χ1) is 11.4. The molecule has 0 fully saturated rings. The Labute approximate surface area is 141 Å². The topological polar surface area (TPSA) is 97.4 Å². The van der Waals surface area contributed by atoms with E-state index in [1.165, 1.54) is 37.6 Å². The highest BCUT2D eigenvalue weighted by molar-refractivity contribution is 7.89. The van der Waals surface area contributed by atoms with E-state index in [0.29, 0.717) is 5.69 Å². The molecule has 2 aromatic rings. The molecule has 1 aromatic heterocycles. The van der Waals surface area contributed by atoms with Crippen LogP contribution in [0.4, 0.5) is 5.69 Å². The maximum Gasteiger partial charge on any atom is 0.274 e. The van der Waals surface area contributed by atoms with Crippen LogP contribution in [0.25, 0.3) is 0 Å². The standard InChI is InChI=1S/C16H19N3O4S/c1-12(11-23-2)19-24(21,22)14-8-6-13(7-9-14)18-16(20)15-5-3-4-10-17-15/h3-10,12,19H,11H2,1-2H3,(H,18,20)/t12-/m0/s1. The first-order valence-electron chi connectivity index (χ1n) is 7.26. The normalized spacial score (nSPS) is 12.6. The number of hydrogen-bond acceptors (Lipinski definition) is 5. The molecule has 8 heteroatoms. The molecule has 24 heavy (non-hydrogen) atoms. The van der Waals surface area contributed by atoms with Crippen molar-refractivity contribution in [2.75, 3.05) is 19.0 Å². The van der Waals surface area contributed by atoms with Gasteiger partial charge in [0.1, 0.15) is 5.69 Å². The van der Waals surface area contributed by atoms with Crippen molar-refractivity contribution in [2.45, 2.75) is 17.9 Å². The highest BCUT2D eigenvalue weighted by atomic mass is 32.2. The lowest BCUT2D eigenvalue weighted by molar-refractivity contribution is 0.102. The summed E-state index contributed by atoms with van der Waals surface area (Å²) in [7, 11) is -2.13. The van der Waals surface area contributed by atoms with Gasteiger partial charge >= 0.3 is 0 Å². The zero-order valence-electron chi connectivity index (χ0n) is 13.4. The predicted molar refractivity (Wildman–Crippen MR) is 90.3 cm³/mol. The van der Waals surface area contributed by atoms with Crippen LogP contribution in [0.2, 0.25) is 0 Å². The lowest BCUT2D eigenvalue weighted by Gasteiger charge is -2.13. The minimum atomic E-state index is -3.63. The van der Waals surface area contributed by atoms with Gasteiger partial charge in [-0.05, 0) is 43.3 Å². The molecule has 0 aliphatic rings. The van der Waals surface area contributed by atoms with E-state index >= 15 is 0 Å². The van der Waals surface area contributed by atoms with Crippen molar-refractivity contribution in [3.63, 3.8) is 0 Å². The van der Waals surface area contributed by atoms with E-state index in [9.17, 15) is 13.2 Å². The van der Waals surface area contributed by atoms with Gasteiger partial charge in [-0.2, -0.15) is 0 Å². The van der Waals surface area contributed by atoms with Gasteiger partial charge in [0.15, 0.2) is 0 Å². The molecule has 128 valence electrons. The number of carbonyl (C=O) groups is 1. The number of benzene rings is 1. The Kier molecular flexibility index (Phi) is 6.02. The first-order valence-corrected chi connectivity index (χ1v) is 8.74. The second-order valence-electron chi connectivity index (χ2n) is 5.17. The van der Waals surface area contributed by atoms with Crippen LogP contribution in [0.1, 0.15) is 17.4 Å². The molecule has 0 saturated heterocycles. The Balaban J connectivity index is 2.06. The summed E-state index contributed by atoms with van der Waals surface area (Å²) in [4.78, 5) is 16.1. The molecule has 0 aliphatic carbocycles. The zero-order chi connectivity index (χ0) is 17.6. The quantitative estimate of drug-likeness (QED) is 0.792. The van der Waals surface area contributed by atoms with Gasteiger partial charge in [0.25, 0.3) is 5.91 Å². The summed E-state index contributed by atoms with van der Waals surface area (Å²) in [6.07, 6.45) is 1.53. The minimum absolute atomic E-state index is 0.112. The van der Waals surface area contributed by atoms with Crippen molar-refractivity contribution in [1.29, 1.82) is 0 Å². The molecule has 0 bridgehead atoms. The minimum Gasteiger partial charge on any atom is -0.383 e. The SMILES string of the molecule is COC[C@H](C)NS(=O)(=O)c1ccc(NC(=O)c2ccccn2)cc1. The molecule has 1 amide bonds. The molecular weight excluding hydrogens is 330 g/mol. The number of amides is 1. The van der Waals surface area contributed by atoms with E-state index in [4.69, 9.17) is 4.74 Å². The number of carbonyl (C=O) groups excluding carboxylic acids is 1. The fraction of sp³-hybridized carbons (Fsp3) is 0.250. The molecule has 2 rings (SSSR count). The molecule has 1 heterocycles. The Morgan fingerprint density at radius 2 is 1.92 bits per heavy atom. The van der Waals surface area contributed by atoms with E-state index in [0.717, 1.165) is 0 Å². The van der Waals surface area contributed by atoms with Gasteiger partial charge in [-0.25, -0.2) is 13.1 Å². The van der Waals surface area contributed by atoms with Gasteiger partial charge in [-0.15, -0.1) is 0 Å². The van der Waals surface area contributed by atoms with Crippen molar-refractivity contribution < 1.29 is 17.9 Å². The van der Waals surface area contributed by atoms with Crippen LogP contribution >= 0.6 is 0 Å². The van der Waals surface area contributed by atoms with E-state index in [1.807, 2.05) is 0 Å². The Bertz CT molecular complexity index is 777. The number of anilines is 1. The van der Waals surface area contributed by atoms with E-state index < -0.39 is 10.0 Å². The number of nitrogens with zero attached hydrogens (tertiary/aromatic N) is 1. The second-order valence-corrected chi connectivity index (χ2v) is 6.89. The molecule has 1 atom stereocenters. The Morgan fingerprint density at radius 3 is 2.50 bits per heavy atom. The van der Waals surface area contributed by atoms with Gasteiger partial charge in [0, 0.05) is 25.0 Å². The number of methoxy groups -OCH3 is 1. The highest BCUT2D eigenvalue weighted by Gasteiger charge is 2.17. The van der Waals surface area contributed by atoms with Crippen molar-refractivity contribution in [3.05, 3.63) is 54.4 Å². The number of sulfonamides is 1. The Hall–Kier alpha value is -2.29. The van der Waals surface area contributed by atoms with Crippen LogP contribution in [0, 0.1) is 0 Å². The molecule has 0 aliphatic heterocycles. The molecule has 7 nitrogen and oxygen atoms in total. The fourth-order valence-electron chi connectivity index (χ4n) is 2.03. The summed E-state index contributed by atoms with van der Waals surface area (Å²) < 4.78 is 31.8. The van der Waals surface area contributed by atoms with Crippen molar-refractivity contribution >= 4 is 21.6 Å². The van der Waals surface area contributed by atoms with Gasteiger partial charge in [0.05, 0.1) is 11.5 Å².